The molecule has 2 fully saturated rings. The van der Waals surface area contributed by atoms with Crippen molar-refractivity contribution in [2.24, 2.45) is 5.41 Å². The third kappa shape index (κ3) is 3.76. The molecule has 1 aliphatic carbocycles. The van der Waals surface area contributed by atoms with E-state index < -0.39 is 11.4 Å². The number of nitrogens with zero attached hydrogens (tertiary/aromatic N) is 1. The number of amides is 1. The lowest BCUT2D eigenvalue weighted by atomic mass is 9.71. The summed E-state index contributed by atoms with van der Waals surface area (Å²) in [5.41, 5.74) is -0.834. The summed E-state index contributed by atoms with van der Waals surface area (Å²) in [6.45, 7) is 0.891. The zero-order chi connectivity index (χ0) is 15.3. The molecule has 2 N–H and O–H groups in total. The van der Waals surface area contributed by atoms with Crippen LogP contribution >= 0.6 is 0 Å². The lowest BCUT2D eigenvalue weighted by Gasteiger charge is -2.35. The molecule has 5 nitrogen and oxygen atoms in total. The Bertz CT molecular complexity index is 376. The molecule has 1 saturated carbocycles. The molecule has 2 aliphatic rings. The van der Waals surface area contributed by atoms with Gasteiger partial charge < -0.3 is 15.1 Å². The van der Waals surface area contributed by atoms with E-state index in [4.69, 9.17) is 5.11 Å². The van der Waals surface area contributed by atoms with Crippen molar-refractivity contribution in [1.82, 2.24) is 4.90 Å². The second kappa shape index (κ2) is 7.25. The largest absolute Gasteiger partial charge is 0.481 e. The number of hydrogen-bond acceptors (Lipinski definition) is 3. The summed E-state index contributed by atoms with van der Waals surface area (Å²) in [7, 11) is 0. The first kappa shape index (κ1) is 16.3. The van der Waals surface area contributed by atoms with E-state index in [1.165, 1.54) is 0 Å². The highest BCUT2D eigenvalue weighted by Crippen LogP contribution is 2.40. The number of rotatable bonds is 6. The van der Waals surface area contributed by atoms with Crippen LogP contribution in [0.4, 0.5) is 0 Å². The number of likely N-dealkylation sites (tertiary alicyclic amines) is 1. The Morgan fingerprint density at radius 2 is 1.86 bits per heavy atom. The molecule has 2 rings (SSSR count). The Hall–Kier alpha value is -1.10. The maximum Gasteiger partial charge on any atom is 0.310 e. The first-order valence-electron chi connectivity index (χ1n) is 8.23. The quantitative estimate of drug-likeness (QED) is 0.787. The molecule has 0 bridgehead atoms. The average Bonchev–Trinajstić information content (AvgIpc) is 2.94. The van der Waals surface area contributed by atoms with Gasteiger partial charge in [-0.05, 0) is 38.5 Å². The molecule has 5 heteroatoms. The van der Waals surface area contributed by atoms with E-state index in [1.807, 2.05) is 4.90 Å². The van der Waals surface area contributed by atoms with E-state index in [-0.39, 0.29) is 25.0 Å². The lowest BCUT2D eigenvalue weighted by Crippen LogP contribution is -2.42. The molecule has 0 aromatic carbocycles. The summed E-state index contributed by atoms with van der Waals surface area (Å²) in [5, 5.41) is 18.5. The maximum absolute atomic E-state index is 12.6. The molecule has 1 heterocycles. The van der Waals surface area contributed by atoms with E-state index in [2.05, 4.69) is 0 Å². The van der Waals surface area contributed by atoms with Gasteiger partial charge in [-0.3, -0.25) is 9.59 Å². The normalized spacial score (nSPS) is 25.0. The third-order valence-corrected chi connectivity index (χ3v) is 5.15. The molecule has 1 unspecified atom stereocenters. The molecular formula is C16H27NO4. The molecule has 1 atom stereocenters. The van der Waals surface area contributed by atoms with Crippen LogP contribution in [0.25, 0.3) is 0 Å². The molecule has 1 saturated heterocycles. The summed E-state index contributed by atoms with van der Waals surface area (Å²) in [5.74, 6) is -0.804. The van der Waals surface area contributed by atoms with Crippen molar-refractivity contribution in [2.75, 3.05) is 13.2 Å². The second-order valence-electron chi connectivity index (χ2n) is 6.57. The monoisotopic (exact) mass is 297 g/mol. The Labute approximate surface area is 126 Å². The minimum Gasteiger partial charge on any atom is -0.481 e. The van der Waals surface area contributed by atoms with Crippen LogP contribution in [0, 0.1) is 5.41 Å². The van der Waals surface area contributed by atoms with Crippen LogP contribution in [-0.2, 0) is 9.59 Å². The first-order valence-corrected chi connectivity index (χ1v) is 8.23. The highest BCUT2D eigenvalue weighted by Gasteiger charge is 2.43. The van der Waals surface area contributed by atoms with Crippen LogP contribution in [-0.4, -0.2) is 46.2 Å². The zero-order valence-corrected chi connectivity index (χ0v) is 12.7. The van der Waals surface area contributed by atoms with Gasteiger partial charge in [-0.1, -0.05) is 19.3 Å². The van der Waals surface area contributed by atoms with Crippen LogP contribution in [0.1, 0.15) is 64.2 Å². The van der Waals surface area contributed by atoms with Gasteiger partial charge in [0, 0.05) is 25.6 Å². The van der Waals surface area contributed by atoms with E-state index in [1.54, 1.807) is 0 Å². The predicted octanol–water partition coefficient (Wildman–Crippen LogP) is 2.18. The number of carboxylic acid groups (broad SMARTS) is 1. The summed E-state index contributed by atoms with van der Waals surface area (Å²) < 4.78 is 0. The Morgan fingerprint density at radius 3 is 2.48 bits per heavy atom. The van der Waals surface area contributed by atoms with Crippen LogP contribution in [0.3, 0.4) is 0 Å². The summed E-state index contributed by atoms with van der Waals surface area (Å²) >= 11 is 0. The molecular weight excluding hydrogens is 270 g/mol. The topological polar surface area (TPSA) is 77.8 Å². The van der Waals surface area contributed by atoms with Gasteiger partial charge in [0.25, 0.3) is 0 Å². The Kier molecular flexibility index (Phi) is 5.62. The van der Waals surface area contributed by atoms with E-state index in [0.29, 0.717) is 19.3 Å². The van der Waals surface area contributed by atoms with Crippen molar-refractivity contribution in [3.63, 3.8) is 0 Å². The van der Waals surface area contributed by atoms with Crippen LogP contribution in [0.15, 0.2) is 0 Å². The number of aliphatic hydroxyl groups is 1. The number of carboxylic acids is 1. The van der Waals surface area contributed by atoms with Gasteiger partial charge in [0.2, 0.25) is 5.91 Å². The molecule has 1 amide bonds. The molecule has 0 aromatic heterocycles. The van der Waals surface area contributed by atoms with Crippen molar-refractivity contribution in [1.29, 1.82) is 0 Å². The fraction of sp³-hybridized carbons (Fsp3) is 0.875. The second-order valence-corrected chi connectivity index (χ2v) is 6.57. The fourth-order valence-electron chi connectivity index (χ4n) is 3.88. The van der Waals surface area contributed by atoms with Gasteiger partial charge in [-0.25, -0.2) is 0 Å². The highest BCUT2D eigenvalue weighted by molar-refractivity contribution is 5.85. The van der Waals surface area contributed by atoms with Gasteiger partial charge in [-0.15, -0.1) is 0 Å². The Morgan fingerprint density at radius 1 is 1.14 bits per heavy atom. The smallest absolute Gasteiger partial charge is 0.310 e. The predicted molar refractivity (Wildman–Crippen MR) is 78.8 cm³/mol. The molecule has 0 spiro atoms. The van der Waals surface area contributed by atoms with Crippen LogP contribution in [0.2, 0.25) is 0 Å². The van der Waals surface area contributed by atoms with Crippen molar-refractivity contribution in [2.45, 2.75) is 70.3 Å². The highest BCUT2D eigenvalue weighted by atomic mass is 16.4. The van der Waals surface area contributed by atoms with Gasteiger partial charge in [-0.2, -0.15) is 0 Å². The number of aliphatic carboxylic acids is 1. The number of carbonyl (C=O) groups excluding carboxylic acids is 1. The maximum atomic E-state index is 12.6. The van der Waals surface area contributed by atoms with Crippen LogP contribution < -0.4 is 0 Å². The molecule has 21 heavy (non-hydrogen) atoms. The van der Waals surface area contributed by atoms with Crippen molar-refractivity contribution in [3.8, 4) is 0 Å². The summed E-state index contributed by atoms with van der Waals surface area (Å²) in [6.07, 6.45) is 7.80. The van der Waals surface area contributed by atoms with Gasteiger partial charge in [0.15, 0.2) is 0 Å². The molecule has 1 aliphatic heterocycles. The van der Waals surface area contributed by atoms with E-state index in [9.17, 15) is 14.7 Å². The van der Waals surface area contributed by atoms with Crippen LogP contribution in [0.5, 0.6) is 0 Å². The van der Waals surface area contributed by atoms with Gasteiger partial charge in [0.05, 0.1) is 5.41 Å². The minimum absolute atomic E-state index is 0.000241. The number of aliphatic hydroxyl groups excluding tert-OH is 1. The third-order valence-electron chi connectivity index (χ3n) is 5.15. The van der Waals surface area contributed by atoms with E-state index >= 15 is 0 Å². The lowest BCUT2D eigenvalue weighted by molar-refractivity contribution is -0.156. The fourth-order valence-corrected chi connectivity index (χ4v) is 3.88. The SMILES string of the molecule is O=C(CC1(C(=O)O)CCCCC1)N1CCCC1CCCO. The number of hydrogen-bond donors (Lipinski definition) is 2. The van der Waals surface area contributed by atoms with Crippen molar-refractivity contribution in [3.05, 3.63) is 0 Å². The summed E-state index contributed by atoms with van der Waals surface area (Å²) in [4.78, 5) is 26.1. The van der Waals surface area contributed by atoms with E-state index in [0.717, 1.165) is 45.1 Å². The average molecular weight is 297 g/mol. The van der Waals surface area contributed by atoms with Crippen molar-refractivity contribution >= 4 is 11.9 Å². The molecule has 120 valence electrons. The summed E-state index contributed by atoms with van der Waals surface area (Å²) in [6, 6.07) is 0.194. The minimum atomic E-state index is -0.834. The van der Waals surface area contributed by atoms with Gasteiger partial charge in [0.1, 0.15) is 0 Å². The van der Waals surface area contributed by atoms with Gasteiger partial charge >= 0.3 is 5.97 Å². The standard InChI is InChI=1S/C16H27NO4/c18-11-5-7-13-6-4-10-17(13)14(19)12-16(15(20)21)8-2-1-3-9-16/h13,18H,1-12H2,(H,20,21). The zero-order valence-electron chi connectivity index (χ0n) is 12.7. The Balaban J connectivity index is 1.99. The molecule has 0 aromatic rings. The number of carbonyl (C=O) groups is 2. The first-order chi connectivity index (χ1) is 10.1. The molecule has 0 radical (unpaired) electrons. The van der Waals surface area contributed by atoms with Crippen molar-refractivity contribution < 1.29 is 19.8 Å².